The van der Waals surface area contributed by atoms with Crippen molar-refractivity contribution in [2.24, 2.45) is 5.14 Å². The van der Waals surface area contributed by atoms with E-state index >= 15 is 0 Å². The number of halogens is 2. The van der Waals surface area contributed by atoms with E-state index in [0.717, 1.165) is 10.6 Å². The van der Waals surface area contributed by atoms with Crippen LogP contribution in [0, 0.1) is 11.6 Å². The lowest BCUT2D eigenvalue weighted by atomic mass is 10.2. The van der Waals surface area contributed by atoms with Crippen molar-refractivity contribution < 1.29 is 17.2 Å². The highest BCUT2D eigenvalue weighted by Crippen LogP contribution is 2.27. The minimum Gasteiger partial charge on any atom is -0.294 e. The van der Waals surface area contributed by atoms with Gasteiger partial charge in [0.05, 0.1) is 5.56 Å². The molecule has 0 saturated heterocycles. The van der Waals surface area contributed by atoms with Gasteiger partial charge in [-0.1, -0.05) is 6.07 Å². The molecule has 0 bridgehead atoms. The molecule has 1 aromatic carbocycles. The topological polar surface area (TPSA) is 90.9 Å². The third-order valence-electron chi connectivity index (χ3n) is 2.63. The molecule has 9 heteroatoms. The molecule has 20 heavy (non-hydrogen) atoms. The fourth-order valence-electron chi connectivity index (χ4n) is 1.80. The maximum Gasteiger partial charge on any atom is 0.273 e. The third kappa shape index (κ3) is 2.41. The number of primary sulfonamides is 1. The molecule has 0 unspecified atom stereocenters. The van der Waals surface area contributed by atoms with Crippen LogP contribution in [0.4, 0.5) is 8.78 Å². The molecule has 0 aliphatic rings. The monoisotopic (exact) mass is 302 g/mol. The van der Waals surface area contributed by atoms with Gasteiger partial charge in [0.2, 0.25) is 0 Å². The molecule has 0 fully saturated rings. The lowest BCUT2D eigenvalue weighted by Gasteiger charge is -2.13. The number of nitrogens with zero attached hydrogens (tertiary/aromatic N) is 3. The summed E-state index contributed by atoms with van der Waals surface area (Å²) in [4.78, 5) is 0. The quantitative estimate of drug-likeness (QED) is 0.929. The zero-order valence-corrected chi connectivity index (χ0v) is 11.5. The molecule has 1 heterocycles. The van der Waals surface area contributed by atoms with E-state index in [-0.39, 0.29) is 11.4 Å². The maximum atomic E-state index is 13.8. The number of rotatable bonds is 3. The Hall–Kier alpha value is -1.87. The van der Waals surface area contributed by atoms with Crippen molar-refractivity contribution in [2.45, 2.75) is 25.0 Å². The van der Waals surface area contributed by atoms with Crippen molar-refractivity contribution in [3.63, 3.8) is 0 Å². The molecule has 2 N–H and O–H groups in total. The van der Waals surface area contributed by atoms with E-state index in [0.29, 0.717) is 0 Å². The zero-order chi connectivity index (χ0) is 15.1. The summed E-state index contributed by atoms with van der Waals surface area (Å²) in [5.74, 6) is -2.28. The average Bonchev–Trinajstić information content (AvgIpc) is 2.77. The molecular weight excluding hydrogens is 290 g/mol. The van der Waals surface area contributed by atoms with Gasteiger partial charge in [-0.2, -0.15) is 0 Å². The van der Waals surface area contributed by atoms with Gasteiger partial charge in [0.25, 0.3) is 15.2 Å². The number of nitrogens with two attached hydrogens (primary N) is 1. The summed E-state index contributed by atoms with van der Waals surface area (Å²) < 4.78 is 51.1. The summed E-state index contributed by atoms with van der Waals surface area (Å²) in [6, 6.07) is 3.13. The van der Waals surface area contributed by atoms with Crippen molar-refractivity contribution in [3.8, 4) is 11.4 Å². The molecule has 6 nitrogen and oxygen atoms in total. The first-order valence-electron chi connectivity index (χ1n) is 5.65. The summed E-state index contributed by atoms with van der Waals surface area (Å²) in [6.45, 7) is 3.30. The fourth-order valence-corrected chi connectivity index (χ4v) is 2.52. The van der Waals surface area contributed by atoms with Gasteiger partial charge in [0, 0.05) is 6.04 Å². The molecule has 2 aromatic rings. The molecule has 0 amide bonds. The SMILES string of the molecule is CC(C)n1c(-c2cccc(F)c2F)nnc1S(N)(=O)=O. The normalized spacial score (nSPS) is 12.1. The summed E-state index contributed by atoms with van der Waals surface area (Å²) >= 11 is 0. The maximum absolute atomic E-state index is 13.8. The highest BCUT2D eigenvalue weighted by atomic mass is 32.2. The standard InChI is InChI=1S/C11H12F2N4O2S/c1-6(2)17-10(15-16-11(17)20(14,18)19)7-4-3-5-8(12)9(7)13/h3-6H,1-2H3,(H2,14,18,19). The first kappa shape index (κ1) is 14.5. The average molecular weight is 302 g/mol. The Kier molecular flexibility index (Phi) is 3.57. The minimum atomic E-state index is -4.12. The smallest absolute Gasteiger partial charge is 0.273 e. The highest BCUT2D eigenvalue weighted by Gasteiger charge is 2.25. The Bertz CT molecular complexity index is 756. The van der Waals surface area contributed by atoms with E-state index in [1.165, 1.54) is 12.1 Å². The predicted octanol–water partition coefficient (Wildman–Crippen LogP) is 1.45. The molecule has 0 spiro atoms. The van der Waals surface area contributed by atoms with E-state index in [1.54, 1.807) is 13.8 Å². The summed E-state index contributed by atoms with van der Waals surface area (Å²) in [5.41, 5.74) is -0.180. The highest BCUT2D eigenvalue weighted by molar-refractivity contribution is 7.89. The lowest BCUT2D eigenvalue weighted by Crippen LogP contribution is -2.20. The van der Waals surface area contributed by atoms with Crippen molar-refractivity contribution in [3.05, 3.63) is 29.8 Å². The van der Waals surface area contributed by atoms with Gasteiger partial charge in [-0.25, -0.2) is 22.3 Å². The fraction of sp³-hybridized carbons (Fsp3) is 0.273. The van der Waals surface area contributed by atoms with Crippen molar-refractivity contribution in [2.75, 3.05) is 0 Å². The van der Waals surface area contributed by atoms with Crippen LogP contribution in [0.2, 0.25) is 0 Å². The third-order valence-corrected chi connectivity index (χ3v) is 3.42. The van der Waals surface area contributed by atoms with Crippen LogP contribution in [0.3, 0.4) is 0 Å². The molecule has 0 atom stereocenters. The van der Waals surface area contributed by atoms with Gasteiger partial charge in [-0.05, 0) is 26.0 Å². The summed E-state index contributed by atoms with van der Waals surface area (Å²) in [5, 5.41) is 11.6. The van der Waals surface area contributed by atoms with Gasteiger partial charge in [0.1, 0.15) is 0 Å². The second kappa shape index (κ2) is 4.91. The van der Waals surface area contributed by atoms with Gasteiger partial charge >= 0.3 is 0 Å². The molecule has 0 saturated carbocycles. The number of hydrogen-bond acceptors (Lipinski definition) is 4. The van der Waals surface area contributed by atoms with Gasteiger partial charge in [-0.15, -0.1) is 10.2 Å². The van der Waals surface area contributed by atoms with Gasteiger partial charge < -0.3 is 0 Å². The second-order valence-electron chi connectivity index (χ2n) is 4.42. The van der Waals surface area contributed by atoms with E-state index in [1.807, 2.05) is 0 Å². The predicted molar refractivity (Wildman–Crippen MR) is 67.1 cm³/mol. The minimum absolute atomic E-state index is 0.0963. The number of benzene rings is 1. The summed E-state index contributed by atoms with van der Waals surface area (Å²) in [6.07, 6.45) is 0. The molecular formula is C11H12F2N4O2S. The van der Waals surface area contributed by atoms with Gasteiger partial charge in [-0.3, -0.25) is 4.57 Å². The first-order chi connectivity index (χ1) is 9.23. The van der Waals surface area contributed by atoms with Crippen molar-refractivity contribution in [1.82, 2.24) is 14.8 Å². The molecule has 108 valence electrons. The molecule has 2 rings (SSSR count). The summed E-state index contributed by atoms with van der Waals surface area (Å²) in [7, 11) is -4.12. The Labute approximate surface area is 114 Å². The van der Waals surface area contributed by atoms with Crippen LogP contribution < -0.4 is 5.14 Å². The van der Waals surface area contributed by atoms with Crippen LogP contribution in [0.5, 0.6) is 0 Å². The van der Waals surface area contributed by atoms with E-state index in [9.17, 15) is 17.2 Å². The molecule has 1 aromatic heterocycles. The van der Waals surface area contributed by atoms with Crippen LogP contribution in [-0.2, 0) is 10.0 Å². The van der Waals surface area contributed by atoms with Crippen molar-refractivity contribution >= 4 is 10.0 Å². The molecule has 0 aliphatic heterocycles. The van der Waals surface area contributed by atoms with Crippen LogP contribution in [0.1, 0.15) is 19.9 Å². The van der Waals surface area contributed by atoms with Crippen LogP contribution in [0.25, 0.3) is 11.4 Å². The van der Waals surface area contributed by atoms with E-state index < -0.39 is 32.9 Å². The van der Waals surface area contributed by atoms with E-state index in [4.69, 9.17) is 5.14 Å². The number of hydrogen-bond donors (Lipinski definition) is 1. The lowest BCUT2D eigenvalue weighted by molar-refractivity contribution is 0.503. The second-order valence-corrected chi connectivity index (χ2v) is 5.87. The largest absolute Gasteiger partial charge is 0.294 e. The van der Waals surface area contributed by atoms with Crippen molar-refractivity contribution in [1.29, 1.82) is 0 Å². The Morgan fingerprint density at radius 1 is 1.25 bits per heavy atom. The number of sulfonamides is 1. The Morgan fingerprint density at radius 3 is 2.45 bits per heavy atom. The van der Waals surface area contributed by atoms with Crippen LogP contribution >= 0.6 is 0 Å². The van der Waals surface area contributed by atoms with Crippen LogP contribution in [-0.4, -0.2) is 23.2 Å². The Balaban J connectivity index is 2.76. The number of aromatic nitrogens is 3. The van der Waals surface area contributed by atoms with Gasteiger partial charge in [0.15, 0.2) is 17.5 Å². The van der Waals surface area contributed by atoms with E-state index in [2.05, 4.69) is 10.2 Å². The first-order valence-corrected chi connectivity index (χ1v) is 7.20. The van der Waals surface area contributed by atoms with Crippen LogP contribution in [0.15, 0.2) is 23.4 Å². The molecule has 0 aliphatic carbocycles. The Morgan fingerprint density at radius 2 is 1.90 bits per heavy atom. The molecule has 0 radical (unpaired) electrons. The zero-order valence-electron chi connectivity index (χ0n) is 10.7.